The lowest BCUT2D eigenvalue weighted by Crippen LogP contribution is -2.46. The van der Waals surface area contributed by atoms with Crippen LogP contribution in [0, 0.1) is 0 Å². The normalized spacial score (nSPS) is 18.1. The number of hydrogen-bond donors (Lipinski definition) is 2. The predicted octanol–water partition coefficient (Wildman–Crippen LogP) is 2.44. The third kappa shape index (κ3) is 4.12. The summed E-state index contributed by atoms with van der Waals surface area (Å²) in [7, 11) is 1.45. The summed E-state index contributed by atoms with van der Waals surface area (Å²) < 4.78 is 16.3. The minimum Gasteiger partial charge on any atom is -0.482 e. The van der Waals surface area contributed by atoms with Crippen molar-refractivity contribution in [2.24, 2.45) is 0 Å². The molecule has 0 saturated heterocycles. The van der Waals surface area contributed by atoms with Gasteiger partial charge in [-0.3, -0.25) is 9.59 Å². The number of nitrogens with one attached hydrogen (secondary N) is 2. The number of carbonyl (C=O) groups is 2. The van der Waals surface area contributed by atoms with Crippen molar-refractivity contribution in [2.75, 3.05) is 24.4 Å². The number of ether oxygens (including phenoxy) is 3. The summed E-state index contributed by atoms with van der Waals surface area (Å²) >= 11 is 0. The number of amides is 2. The van der Waals surface area contributed by atoms with Crippen molar-refractivity contribution in [1.82, 2.24) is 0 Å². The highest BCUT2D eigenvalue weighted by Gasteiger charge is 2.34. The second-order valence-corrected chi connectivity index (χ2v) is 5.86. The molecule has 1 aliphatic heterocycles. The highest BCUT2D eigenvalue weighted by atomic mass is 16.6. The van der Waals surface area contributed by atoms with Gasteiger partial charge >= 0.3 is 0 Å². The third-order valence-corrected chi connectivity index (χ3v) is 3.79. The van der Waals surface area contributed by atoms with Crippen molar-refractivity contribution in [3.63, 3.8) is 0 Å². The first-order chi connectivity index (χ1) is 12.6. The lowest BCUT2D eigenvalue weighted by Gasteiger charge is -2.31. The van der Waals surface area contributed by atoms with Gasteiger partial charge in [0.1, 0.15) is 12.7 Å². The SMILES string of the molecule is COCC(=O)Nc1cccc(NC(=O)C2Oc3ccccc3OC2C)c1. The quantitative estimate of drug-likeness (QED) is 0.859. The molecule has 1 aliphatic rings. The van der Waals surface area contributed by atoms with Gasteiger partial charge in [-0.2, -0.15) is 0 Å². The number of anilines is 2. The van der Waals surface area contributed by atoms with E-state index in [2.05, 4.69) is 10.6 Å². The van der Waals surface area contributed by atoms with Crippen LogP contribution in [0.2, 0.25) is 0 Å². The molecule has 2 unspecified atom stereocenters. The second-order valence-electron chi connectivity index (χ2n) is 5.86. The maximum absolute atomic E-state index is 12.6. The molecule has 0 radical (unpaired) electrons. The van der Waals surface area contributed by atoms with Crippen LogP contribution in [0.5, 0.6) is 11.5 Å². The van der Waals surface area contributed by atoms with E-state index in [1.165, 1.54) is 7.11 Å². The van der Waals surface area contributed by atoms with Gasteiger partial charge in [0.25, 0.3) is 5.91 Å². The summed E-state index contributed by atoms with van der Waals surface area (Å²) in [5.74, 6) is 0.552. The average molecular weight is 356 g/mol. The minimum atomic E-state index is -0.781. The van der Waals surface area contributed by atoms with Gasteiger partial charge in [0.2, 0.25) is 12.0 Å². The maximum Gasteiger partial charge on any atom is 0.269 e. The molecule has 1 heterocycles. The molecule has 26 heavy (non-hydrogen) atoms. The number of rotatable bonds is 5. The number of para-hydroxylation sites is 2. The Labute approximate surface area is 151 Å². The van der Waals surface area contributed by atoms with Crippen molar-refractivity contribution in [3.05, 3.63) is 48.5 Å². The number of benzene rings is 2. The predicted molar refractivity (Wildman–Crippen MR) is 96.5 cm³/mol. The molecule has 7 heteroatoms. The molecule has 2 N–H and O–H groups in total. The third-order valence-electron chi connectivity index (χ3n) is 3.79. The number of hydrogen-bond acceptors (Lipinski definition) is 5. The molecular weight excluding hydrogens is 336 g/mol. The summed E-state index contributed by atoms with van der Waals surface area (Å²) in [6.45, 7) is 1.74. The van der Waals surface area contributed by atoms with Gasteiger partial charge in [-0.25, -0.2) is 0 Å². The summed E-state index contributed by atoms with van der Waals surface area (Å²) in [4.78, 5) is 24.2. The summed E-state index contributed by atoms with van der Waals surface area (Å²) in [5.41, 5.74) is 1.10. The summed E-state index contributed by atoms with van der Waals surface area (Å²) in [6.07, 6.45) is -1.22. The van der Waals surface area contributed by atoms with Crippen LogP contribution in [0.3, 0.4) is 0 Å². The molecule has 2 amide bonds. The van der Waals surface area contributed by atoms with Crippen LogP contribution in [-0.4, -0.2) is 37.7 Å². The minimum absolute atomic E-state index is 0.0409. The van der Waals surface area contributed by atoms with E-state index in [-0.39, 0.29) is 18.4 Å². The van der Waals surface area contributed by atoms with Gasteiger partial charge < -0.3 is 24.8 Å². The highest BCUT2D eigenvalue weighted by Crippen LogP contribution is 2.33. The van der Waals surface area contributed by atoms with E-state index in [0.29, 0.717) is 22.9 Å². The van der Waals surface area contributed by atoms with Crippen LogP contribution in [0.1, 0.15) is 6.92 Å². The smallest absolute Gasteiger partial charge is 0.269 e. The molecule has 7 nitrogen and oxygen atoms in total. The molecule has 0 spiro atoms. The van der Waals surface area contributed by atoms with Crippen LogP contribution in [0.25, 0.3) is 0 Å². The molecule has 3 rings (SSSR count). The lowest BCUT2D eigenvalue weighted by atomic mass is 10.1. The Morgan fingerprint density at radius 3 is 2.35 bits per heavy atom. The molecular formula is C19H20N2O5. The van der Waals surface area contributed by atoms with E-state index in [9.17, 15) is 9.59 Å². The Morgan fingerprint density at radius 2 is 1.65 bits per heavy atom. The average Bonchev–Trinajstić information content (AvgIpc) is 2.61. The number of fused-ring (bicyclic) bond motifs is 1. The van der Waals surface area contributed by atoms with Gasteiger partial charge in [-0.05, 0) is 37.3 Å². The Morgan fingerprint density at radius 1 is 1.00 bits per heavy atom. The number of methoxy groups -OCH3 is 1. The Hall–Kier alpha value is -3.06. The first kappa shape index (κ1) is 17.8. The molecule has 0 aromatic heterocycles. The monoisotopic (exact) mass is 356 g/mol. The van der Waals surface area contributed by atoms with Crippen LogP contribution in [0.4, 0.5) is 11.4 Å². The Balaban J connectivity index is 1.67. The van der Waals surface area contributed by atoms with Crippen LogP contribution in [-0.2, 0) is 14.3 Å². The molecule has 0 fully saturated rings. The van der Waals surface area contributed by atoms with Crippen LogP contribution < -0.4 is 20.1 Å². The molecule has 2 aromatic rings. The maximum atomic E-state index is 12.6. The summed E-state index contributed by atoms with van der Waals surface area (Å²) in [5, 5.41) is 5.48. The fraction of sp³-hybridized carbons (Fsp3) is 0.263. The molecule has 0 aliphatic carbocycles. The van der Waals surface area contributed by atoms with E-state index in [4.69, 9.17) is 14.2 Å². The standard InChI is InChI=1S/C19H20N2O5/c1-12-18(26-16-9-4-3-8-15(16)25-12)19(23)21-14-7-5-6-13(10-14)20-17(22)11-24-2/h3-10,12,18H,11H2,1-2H3,(H,20,22)(H,21,23). The first-order valence-corrected chi connectivity index (χ1v) is 8.19. The van der Waals surface area contributed by atoms with Crippen molar-refractivity contribution < 1.29 is 23.8 Å². The van der Waals surface area contributed by atoms with E-state index < -0.39 is 12.2 Å². The Bertz CT molecular complexity index is 808. The zero-order chi connectivity index (χ0) is 18.5. The van der Waals surface area contributed by atoms with E-state index >= 15 is 0 Å². The highest BCUT2D eigenvalue weighted by molar-refractivity contribution is 5.96. The van der Waals surface area contributed by atoms with E-state index in [1.54, 1.807) is 43.3 Å². The summed E-state index contributed by atoms with van der Waals surface area (Å²) in [6, 6.07) is 14.1. The van der Waals surface area contributed by atoms with Gasteiger partial charge in [0.15, 0.2) is 11.5 Å². The largest absolute Gasteiger partial charge is 0.482 e. The van der Waals surface area contributed by atoms with Gasteiger partial charge in [-0.1, -0.05) is 18.2 Å². The molecule has 2 aromatic carbocycles. The van der Waals surface area contributed by atoms with E-state index in [1.807, 2.05) is 12.1 Å². The zero-order valence-corrected chi connectivity index (χ0v) is 14.5. The first-order valence-electron chi connectivity index (χ1n) is 8.19. The van der Waals surface area contributed by atoms with Crippen molar-refractivity contribution in [1.29, 1.82) is 0 Å². The van der Waals surface area contributed by atoms with Crippen LogP contribution in [0.15, 0.2) is 48.5 Å². The molecule has 136 valence electrons. The number of carbonyl (C=O) groups excluding carboxylic acids is 2. The molecule has 0 saturated carbocycles. The molecule has 2 atom stereocenters. The van der Waals surface area contributed by atoms with Crippen molar-refractivity contribution >= 4 is 23.2 Å². The zero-order valence-electron chi connectivity index (χ0n) is 14.5. The fourth-order valence-electron chi connectivity index (χ4n) is 2.62. The van der Waals surface area contributed by atoms with Crippen molar-refractivity contribution in [3.8, 4) is 11.5 Å². The van der Waals surface area contributed by atoms with E-state index in [0.717, 1.165) is 0 Å². The Kier molecular flexibility index (Phi) is 5.38. The van der Waals surface area contributed by atoms with Crippen LogP contribution >= 0.6 is 0 Å². The lowest BCUT2D eigenvalue weighted by molar-refractivity contribution is -0.128. The molecule has 0 bridgehead atoms. The van der Waals surface area contributed by atoms with Gasteiger partial charge in [0, 0.05) is 18.5 Å². The van der Waals surface area contributed by atoms with Crippen molar-refractivity contribution in [2.45, 2.75) is 19.1 Å². The topological polar surface area (TPSA) is 85.9 Å². The van der Waals surface area contributed by atoms with Gasteiger partial charge in [0.05, 0.1) is 0 Å². The fourth-order valence-corrected chi connectivity index (χ4v) is 2.62. The second kappa shape index (κ2) is 7.88. The van der Waals surface area contributed by atoms with Gasteiger partial charge in [-0.15, -0.1) is 0 Å².